The molecule has 0 fully saturated rings. The molecule has 2 aromatic heterocycles. The average molecular weight is 267 g/mol. The normalized spacial score (nSPS) is 10.9. The van der Waals surface area contributed by atoms with E-state index in [0.717, 1.165) is 22.6 Å². The van der Waals surface area contributed by atoms with Crippen molar-refractivity contribution in [2.45, 2.75) is 20.0 Å². The number of aryl methyl sites for hydroxylation is 1. The molecular weight excluding hydrogens is 250 g/mol. The zero-order valence-corrected chi connectivity index (χ0v) is 11.4. The molecule has 0 spiro atoms. The molecular formula is C15H17N5. The molecule has 5 heteroatoms. The molecule has 20 heavy (non-hydrogen) atoms. The van der Waals surface area contributed by atoms with Crippen LogP contribution in [0.15, 0.2) is 42.7 Å². The van der Waals surface area contributed by atoms with Crippen LogP contribution >= 0.6 is 0 Å². The van der Waals surface area contributed by atoms with Crippen LogP contribution in [-0.4, -0.2) is 14.6 Å². The molecule has 102 valence electrons. The van der Waals surface area contributed by atoms with Gasteiger partial charge in [-0.15, -0.1) is 0 Å². The van der Waals surface area contributed by atoms with E-state index in [-0.39, 0.29) is 0 Å². The number of hydrogen-bond acceptors (Lipinski definition) is 4. The smallest absolute Gasteiger partial charge is 0.157 e. The van der Waals surface area contributed by atoms with Crippen molar-refractivity contribution in [3.63, 3.8) is 0 Å². The number of aromatic nitrogens is 3. The molecule has 3 rings (SSSR count). The molecule has 0 saturated carbocycles. The zero-order valence-electron chi connectivity index (χ0n) is 11.4. The van der Waals surface area contributed by atoms with Crippen molar-refractivity contribution in [3.05, 3.63) is 59.4 Å². The van der Waals surface area contributed by atoms with Crippen LogP contribution in [0.25, 0.3) is 5.65 Å². The number of fused-ring (bicyclic) bond motifs is 1. The molecule has 0 aliphatic rings. The van der Waals surface area contributed by atoms with Crippen molar-refractivity contribution >= 4 is 11.5 Å². The lowest BCUT2D eigenvalue weighted by molar-refractivity contribution is 0.932. The fourth-order valence-electron chi connectivity index (χ4n) is 2.30. The van der Waals surface area contributed by atoms with Crippen LogP contribution in [0.5, 0.6) is 0 Å². The number of nitrogens with zero attached hydrogens (tertiary/aromatic N) is 3. The van der Waals surface area contributed by atoms with Gasteiger partial charge in [0.1, 0.15) is 12.1 Å². The number of benzene rings is 1. The molecule has 5 nitrogen and oxygen atoms in total. The summed E-state index contributed by atoms with van der Waals surface area (Å²) in [6.07, 6.45) is 1.56. The Balaban J connectivity index is 1.88. The first-order chi connectivity index (χ1) is 9.78. The van der Waals surface area contributed by atoms with E-state index in [0.29, 0.717) is 13.1 Å². The Hall–Kier alpha value is -2.40. The Bertz CT molecular complexity index is 732. The first-order valence-corrected chi connectivity index (χ1v) is 6.59. The summed E-state index contributed by atoms with van der Waals surface area (Å²) in [4.78, 5) is 4.22. The third-order valence-corrected chi connectivity index (χ3v) is 3.32. The van der Waals surface area contributed by atoms with Crippen molar-refractivity contribution in [3.8, 4) is 0 Å². The summed E-state index contributed by atoms with van der Waals surface area (Å²) < 4.78 is 1.80. The second-order valence-electron chi connectivity index (χ2n) is 4.77. The van der Waals surface area contributed by atoms with Crippen LogP contribution in [-0.2, 0) is 13.1 Å². The molecule has 3 aromatic rings. The van der Waals surface area contributed by atoms with Crippen molar-refractivity contribution in [2.24, 2.45) is 5.73 Å². The molecule has 0 amide bonds. The second kappa shape index (κ2) is 5.30. The van der Waals surface area contributed by atoms with E-state index in [1.54, 1.807) is 10.8 Å². The van der Waals surface area contributed by atoms with Gasteiger partial charge in [-0.1, -0.05) is 24.3 Å². The highest BCUT2D eigenvalue weighted by atomic mass is 15.3. The summed E-state index contributed by atoms with van der Waals surface area (Å²) in [5, 5.41) is 7.64. The van der Waals surface area contributed by atoms with Gasteiger partial charge in [-0.3, -0.25) is 0 Å². The fraction of sp³-hybridized carbons (Fsp3) is 0.200. The molecule has 0 aliphatic carbocycles. The van der Waals surface area contributed by atoms with Gasteiger partial charge in [-0.2, -0.15) is 9.61 Å². The van der Waals surface area contributed by atoms with Gasteiger partial charge in [0.2, 0.25) is 0 Å². The number of anilines is 1. The number of hydrogen-bond donors (Lipinski definition) is 2. The van der Waals surface area contributed by atoms with Crippen molar-refractivity contribution in [1.29, 1.82) is 0 Å². The van der Waals surface area contributed by atoms with E-state index in [9.17, 15) is 0 Å². The minimum absolute atomic E-state index is 0.546. The van der Waals surface area contributed by atoms with Crippen molar-refractivity contribution < 1.29 is 0 Å². The topological polar surface area (TPSA) is 68.2 Å². The molecule has 0 bridgehead atoms. The number of pyridine rings is 1. The van der Waals surface area contributed by atoms with E-state index in [1.807, 2.05) is 25.1 Å². The molecule has 0 aliphatic heterocycles. The van der Waals surface area contributed by atoms with Crippen LogP contribution in [0.4, 0.5) is 5.82 Å². The van der Waals surface area contributed by atoms with Gasteiger partial charge < -0.3 is 11.1 Å². The molecule has 0 saturated heterocycles. The predicted octanol–water partition coefficient (Wildman–Crippen LogP) is 2.11. The molecule has 0 unspecified atom stereocenters. The standard InChI is InChI=1S/C15H17N5/c1-11-6-14(20-15(7-11)18-10-19-20)17-9-13-5-3-2-4-12(13)8-16/h2-7,10,17H,8-9,16H2,1H3. The maximum absolute atomic E-state index is 5.76. The SMILES string of the molecule is Cc1cc(NCc2ccccc2CN)n2ncnc2c1. The van der Waals surface area contributed by atoms with E-state index in [1.165, 1.54) is 5.56 Å². The van der Waals surface area contributed by atoms with Gasteiger partial charge in [0, 0.05) is 13.1 Å². The highest BCUT2D eigenvalue weighted by molar-refractivity contribution is 5.51. The van der Waals surface area contributed by atoms with E-state index >= 15 is 0 Å². The van der Waals surface area contributed by atoms with Gasteiger partial charge in [0.25, 0.3) is 0 Å². The Kier molecular flexibility index (Phi) is 3.35. The zero-order chi connectivity index (χ0) is 13.9. The first-order valence-electron chi connectivity index (χ1n) is 6.59. The maximum Gasteiger partial charge on any atom is 0.157 e. The molecule has 0 radical (unpaired) electrons. The van der Waals surface area contributed by atoms with Crippen LogP contribution < -0.4 is 11.1 Å². The van der Waals surface area contributed by atoms with Crippen molar-refractivity contribution in [2.75, 3.05) is 5.32 Å². The molecule has 0 atom stereocenters. The number of nitrogens with two attached hydrogens (primary N) is 1. The Morgan fingerprint density at radius 3 is 2.80 bits per heavy atom. The molecule has 1 aromatic carbocycles. The van der Waals surface area contributed by atoms with Gasteiger partial charge in [-0.05, 0) is 35.7 Å². The lowest BCUT2D eigenvalue weighted by Crippen LogP contribution is -2.09. The van der Waals surface area contributed by atoms with Gasteiger partial charge in [-0.25, -0.2) is 4.98 Å². The maximum atomic E-state index is 5.76. The Morgan fingerprint density at radius 2 is 2.00 bits per heavy atom. The third kappa shape index (κ3) is 2.35. The summed E-state index contributed by atoms with van der Waals surface area (Å²) in [5.74, 6) is 0.935. The average Bonchev–Trinajstić information content (AvgIpc) is 2.93. The first kappa shape index (κ1) is 12.6. The lowest BCUT2D eigenvalue weighted by Gasteiger charge is -2.11. The number of rotatable bonds is 4. The van der Waals surface area contributed by atoms with Gasteiger partial charge in [0.15, 0.2) is 5.65 Å². The fourth-order valence-corrected chi connectivity index (χ4v) is 2.30. The predicted molar refractivity (Wildman–Crippen MR) is 79.4 cm³/mol. The highest BCUT2D eigenvalue weighted by Gasteiger charge is 2.05. The summed E-state index contributed by atoms with van der Waals surface area (Å²) in [5.41, 5.74) is 10.1. The third-order valence-electron chi connectivity index (χ3n) is 3.32. The molecule has 2 heterocycles. The highest BCUT2D eigenvalue weighted by Crippen LogP contribution is 2.15. The molecule has 3 N–H and O–H groups in total. The van der Waals surface area contributed by atoms with Gasteiger partial charge in [0.05, 0.1) is 0 Å². The quantitative estimate of drug-likeness (QED) is 0.759. The van der Waals surface area contributed by atoms with E-state index in [4.69, 9.17) is 5.73 Å². The monoisotopic (exact) mass is 267 g/mol. The summed E-state index contributed by atoms with van der Waals surface area (Å²) in [6, 6.07) is 12.2. The summed E-state index contributed by atoms with van der Waals surface area (Å²) >= 11 is 0. The minimum Gasteiger partial charge on any atom is -0.366 e. The second-order valence-corrected chi connectivity index (χ2v) is 4.77. The van der Waals surface area contributed by atoms with Gasteiger partial charge >= 0.3 is 0 Å². The summed E-state index contributed by atoms with van der Waals surface area (Å²) in [7, 11) is 0. The van der Waals surface area contributed by atoms with Crippen LogP contribution in [0.3, 0.4) is 0 Å². The Labute approximate surface area is 117 Å². The van der Waals surface area contributed by atoms with Crippen LogP contribution in [0.1, 0.15) is 16.7 Å². The van der Waals surface area contributed by atoms with E-state index < -0.39 is 0 Å². The van der Waals surface area contributed by atoms with Crippen LogP contribution in [0, 0.1) is 6.92 Å². The van der Waals surface area contributed by atoms with Crippen LogP contribution in [0.2, 0.25) is 0 Å². The largest absolute Gasteiger partial charge is 0.366 e. The number of nitrogens with one attached hydrogen (secondary N) is 1. The van der Waals surface area contributed by atoms with E-state index in [2.05, 4.69) is 33.6 Å². The minimum atomic E-state index is 0.546. The summed E-state index contributed by atoms with van der Waals surface area (Å²) in [6.45, 7) is 3.31. The van der Waals surface area contributed by atoms with Crippen molar-refractivity contribution in [1.82, 2.24) is 14.6 Å². The Morgan fingerprint density at radius 1 is 1.20 bits per heavy atom. The lowest BCUT2D eigenvalue weighted by atomic mass is 10.1.